The first kappa shape index (κ1) is 18.3. The fraction of sp³-hybridized carbons (Fsp3) is 0.409. The molecule has 0 saturated heterocycles. The summed E-state index contributed by atoms with van der Waals surface area (Å²) in [6.45, 7) is 8.92. The molecular weight excluding hydrogens is 326 g/mol. The molecule has 0 fully saturated rings. The summed E-state index contributed by atoms with van der Waals surface area (Å²) in [4.78, 5) is 11.3. The van der Waals surface area contributed by atoms with Crippen molar-refractivity contribution in [2.75, 3.05) is 6.61 Å². The van der Waals surface area contributed by atoms with Gasteiger partial charge >= 0.3 is 6.09 Å². The van der Waals surface area contributed by atoms with E-state index in [0.717, 1.165) is 28.9 Å². The molecule has 1 unspecified atom stereocenters. The van der Waals surface area contributed by atoms with Gasteiger partial charge in [0.05, 0.1) is 6.61 Å². The molecule has 1 heterocycles. The SMILES string of the molecule is CC(C)Cc1ccc(-c2ccc3c(c2)OCC(C)(C)C3OC(N)=O)cc1. The van der Waals surface area contributed by atoms with Gasteiger partial charge in [-0.3, -0.25) is 0 Å². The normalized spacial score (nSPS) is 18.1. The second-order valence-corrected chi connectivity index (χ2v) is 8.14. The monoisotopic (exact) mass is 353 g/mol. The molecule has 0 spiro atoms. The van der Waals surface area contributed by atoms with Crippen LogP contribution in [-0.2, 0) is 11.2 Å². The molecule has 1 aliphatic rings. The quantitative estimate of drug-likeness (QED) is 0.831. The van der Waals surface area contributed by atoms with Crippen LogP contribution in [-0.4, -0.2) is 12.7 Å². The van der Waals surface area contributed by atoms with Gasteiger partial charge < -0.3 is 15.2 Å². The van der Waals surface area contributed by atoms with E-state index in [9.17, 15) is 4.79 Å². The number of hydrogen-bond donors (Lipinski definition) is 1. The molecule has 0 aromatic heterocycles. The zero-order valence-electron chi connectivity index (χ0n) is 15.9. The predicted octanol–water partition coefficient (Wildman–Crippen LogP) is 5.11. The summed E-state index contributed by atoms with van der Waals surface area (Å²) < 4.78 is 11.3. The fourth-order valence-electron chi connectivity index (χ4n) is 3.46. The van der Waals surface area contributed by atoms with E-state index in [-0.39, 0.29) is 5.41 Å². The lowest BCUT2D eigenvalue weighted by atomic mass is 9.80. The molecule has 4 heteroatoms. The molecule has 1 atom stereocenters. The van der Waals surface area contributed by atoms with Crippen LogP contribution in [0, 0.1) is 11.3 Å². The topological polar surface area (TPSA) is 61.6 Å². The van der Waals surface area contributed by atoms with Crippen molar-refractivity contribution < 1.29 is 14.3 Å². The van der Waals surface area contributed by atoms with Crippen molar-refractivity contribution in [3.63, 3.8) is 0 Å². The number of fused-ring (bicyclic) bond motifs is 1. The number of ether oxygens (including phenoxy) is 2. The minimum atomic E-state index is -0.763. The molecule has 3 rings (SSSR count). The smallest absolute Gasteiger partial charge is 0.405 e. The lowest BCUT2D eigenvalue weighted by Gasteiger charge is -2.38. The summed E-state index contributed by atoms with van der Waals surface area (Å²) in [5.41, 5.74) is 9.36. The van der Waals surface area contributed by atoms with Gasteiger partial charge in [-0.1, -0.05) is 64.1 Å². The number of primary amides is 1. The van der Waals surface area contributed by atoms with Crippen molar-refractivity contribution in [3.8, 4) is 16.9 Å². The van der Waals surface area contributed by atoms with Crippen LogP contribution in [0.25, 0.3) is 11.1 Å². The summed E-state index contributed by atoms with van der Waals surface area (Å²) in [5, 5.41) is 0. The second kappa shape index (κ2) is 7.02. The van der Waals surface area contributed by atoms with E-state index < -0.39 is 12.2 Å². The molecule has 4 nitrogen and oxygen atoms in total. The maximum absolute atomic E-state index is 11.3. The van der Waals surface area contributed by atoms with Crippen LogP contribution in [0.2, 0.25) is 0 Å². The van der Waals surface area contributed by atoms with Gasteiger partial charge in [-0.15, -0.1) is 0 Å². The zero-order chi connectivity index (χ0) is 18.9. The highest BCUT2D eigenvalue weighted by Gasteiger charge is 2.40. The first-order valence-electron chi connectivity index (χ1n) is 9.08. The van der Waals surface area contributed by atoms with Gasteiger partial charge in [0, 0.05) is 11.0 Å². The number of nitrogens with two attached hydrogens (primary N) is 1. The molecule has 138 valence electrons. The van der Waals surface area contributed by atoms with Crippen LogP contribution >= 0.6 is 0 Å². The Morgan fingerprint density at radius 3 is 2.46 bits per heavy atom. The van der Waals surface area contributed by atoms with Gasteiger partial charge in [-0.25, -0.2) is 4.79 Å². The van der Waals surface area contributed by atoms with Crippen molar-refractivity contribution in [2.24, 2.45) is 17.1 Å². The average Bonchev–Trinajstić information content (AvgIpc) is 2.57. The molecule has 26 heavy (non-hydrogen) atoms. The molecule has 0 saturated carbocycles. The summed E-state index contributed by atoms with van der Waals surface area (Å²) in [6, 6.07) is 14.7. The van der Waals surface area contributed by atoms with Crippen LogP contribution in [0.5, 0.6) is 5.75 Å². The fourth-order valence-corrected chi connectivity index (χ4v) is 3.46. The molecule has 2 N–H and O–H groups in total. The zero-order valence-corrected chi connectivity index (χ0v) is 15.9. The van der Waals surface area contributed by atoms with Gasteiger partial charge in [0.25, 0.3) is 0 Å². The van der Waals surface area contributed by atoms with E-state index in [1.807, 2.05) is 32.0 Å². The Morgan fingerprint density at radius 2 is 1.85 bits per heavy atom. The van der Waals surface area contributed by atoms with Crippen molar-refractivity contribution in [3.05, 3.63) is 53.6 Å². The molecule has 1 amide bonds. The Morgan fingerprint density at radius 1 is 1.19 bits per heavy atom. The Balaban J connectivity index is 1.90. The second-order valence-electron chi connectivity index (χ2n) is 8.14. The maximum atomic E-state index is 11.3. The molecule has 1 aliphatic heterocycles. The van der Waals surface area contributed by atoms with E-state index in [1.165, 1.54) is 5.56 Å². The average molecular weight is 353 g/mol. The Kier molecular flexibility index (Phi) is 4.94. The third-order valence-electron chi connectivity index (χ3n) is 4.77. The molecule has 2 aromatic carbocycles. The Labute approximate surface area is 155 Å². The molecule has 0 radical (unpaired) electrons. The van der Waals surface area contributed by atoms with Crippen LogP contribution < -0.4 is 10.5 Å². The van der Waals surface area contributed by atoms with Crippen molar-refractivity contribution in [2.45, 2.75) is 40.2 Å². The minimum absolute atomic E-state index is 0.331. The van der Waals surface area contributed by atoms with Crippen LogP contribution in [0.15, 0.2) is 42.5 Å². The highest BCUT2D eigenvalue weighted by molar-refractivity contribution is 5.68. The number of rotatable bonds is 4. The first-order valence-corrected chi connectivity index (χ1v) is 9.08. The minimum Gasteiger partial charge on any atom is -0.492 e. The van der Waals surface area contributed by atoms with Crippen LogP contribution in [0.1, 0.15) is 44.9 Å². The summed E-state index contributed by atoms with van der Waals surface area (Å²) in [7, 11) is 0. The van der Waals surface area contributed by atoms with Crippen LogP contribution in [0.4, 0.5) is 4.79 Å². The Bertz CT molecular complexity index is 794. The van der Waals surface area contributed by atoms with E-state index in [2.05, 4.69) is 38.1 Å². The summed E-state index contributed by atoms with van der Waals surface area (Å²) >= 11 is 0. The molecular formula is C22H27NO3. The lowest BCUT2D eigenvalue weighted by molar-refractivity contribution is -0.0176. The molecule has 2 aromatic rings. The maximum Gasteiger partial charge on any atom is 0.405 e. The van der Waals surface area contributed by atoms with Crippen molar-refractivity contribution >= 4 is 6.09 Å². The first-order chi connectivity index (χ1) is 12.3. The van der Waals surface area contributed by atoms with Gasteiger partial charge in [-0.05, 0) is 35.1 Å². The number of carbonyl (C=O) groups is 1. The number of carbonyl (C=O) groups excluding carboxylic acids is 1. The number of hydrogen-bond acceptors (Lipinski definition) is 3. The van der Waals surface area contributed by atoms with E-state index in [0.29, 0.717) is 12.5 Å². The highest BCUT2D eigenvalue weighted by Crippen LogP contribution is 2.46. The number of benzene rings is 2. The lowest BCUT2D eigenvalue weighted by Crippen LogP contribution is -2.37. The van der Waals surface area contributed by atoms with E-state index >= 15 is 0 Å². The van der Waals surface area contributed by atoms with Crippen LogP contribution in [0.3, 0.4) is 0 Å². The predicted molar refractivity (Wildman–Crippen MR) is 103 cm³/mol. The summed E-state index contributed by atoms with van der Waals surface area (Å²) in [5.74, 6) is 1.39. The van der Waals surface area contributed by atoms with Crippen molar-refractivity contribution in [1.29, 1.82) is 0 Å². The third-order valence-corrected chi connectivity index (χ3v) is 4.77. The number of amides is 1. The standard InChI is InChI=1S/C22H27NO3/c1-14(2)11-15-5-7-16(8-6-15)17-9-10-18-19(12-17)25-13-22(3,4)20(18)26-21(23)24/h5-10,12,14,20H,11,13H2,1-4H3,(H2,23,24). The van der Waals surface area contributed by atoms with Gasteiger partial charge in [0.1, 0.15) is 11.9 Å². The van der Waals surface area contributed by atoms with Gasteiger partial charge in [0.15, 0.2) is 0 Å². The highest BCUT2D eigenvalue weighted by atomic mass is 16.6. The van der Waals surface area contributed by atoms with Crippen molar-refractivity contribution in [1.82, 2.24) is 0 Å². The van der Waals surface area contributed by atoms with Gasteiger partial charge in [-0.2, -0.15) is 0 Å². The molecule has 0 bridgehead atoms. The summed E-state index contributed by atoms with van der Waals surface area (Å²) in [6.07, 6.45) is -0.0959. The van der Waals surface area contributed by atoms with E-state index in [1.54, 1.807) is 0 Å². The Hall–Kier alpha value is -2.49. The van der Waals surface area contributed by atoms with Gasteiger partial charge in [0.2, 0.25) is 0 Å². The molecule has 0 aliphatic carbocycles. The third kappa shape index (κ3) is 3.85. The largest absolute Gasteiger partial charge is 0.492 e. The van der Waals surface area contributed by atoms with E-state index in [4.69, 9.17) is 15.2 Å².